The van der Waals surface area contributed by atoms with Gasteiger partial charge in [-0.05, 0) is 24.3 Å². The van der Waals surface area contributed by atoms with Gasteiger partial charge in [-0.3, -0.25) is 4.79 Å². The first-order valence-corrected chi connectivity index (χ1v) is 6.18. The number of hydrogen-bond donors (Lipinski definition) is 1. The summed E-state index contributed by atoms with van der Waals surface area (Å²) >= 11 is 0. The van der Waals surface area contributed by atoms with Crippen LogP contribution in [0.5, 0.6) is 11.5 Å². The summed E-state index contributed by atoms with van der Waals surface area (Å²) in [6, 6.07) is 13.1. The van der Waals surface area contributed by atoms with Crippen LogP contribution in [0.2, 0.25) is 0 Å². The first kappa shape index (κ1) is 12.5. The van der Waals surface area contributed by atoms with E-state index in [0.717, 1.165) is 0 Å². The summed E-state index contributed by atoms with van der Waals surface area (Å²) in [4.78, 5) is 12.0. The van der Waals surface area contributed by atoms with Crippen LogP contribution in [0.4, 0.5) is 10.1 Å². The molecule has 0 bridgehead atoms. The minimum atomic E-state index is -0.801. The summed E-state index contributed by atoms with van der Waals surface area (Å²) in [5.74, 6) is 0.178. The van der Waals surface area contributed by atoms with Crippen LogP contribution in [-0.4, -0.2) is 18.6 Å². The zero-order valence-electron chi connectivity index (χ0n) is 10.5. The number of carbonyl (C=O) groups excluding carboxylic acids is 1. The van der Waals surface area contributed by atoms with Crippen LogP contribution in [0.3, 0.4) is 0 Å². The Balaban J connectivity index is 1.72. The van der Waals surface area contributed by atoms with E-state index < -0.39 is 17.8 Å². The van der Waals surface area contributed by atoms with E-state index >= 15 is 0 Å². The highest BCUT2D eigenvalue weighted by Crippen LogP contribution is 2.31. The number of rotatable bonds is 2. The van der Waals surface area contributed by atoms with E-state index in [2.05, 4.69) is 5.32 Å². The van der Waals surface area contributed by atoms with Crippen molar-refractivity contribution in [2.45, 2.75) is 6.10 Å². The highest BCUT2D eigenvalue weighted by atomic mass is 19.1. The standard InChI is InChI=1S/C15H12FNO3/c16-10-5-1-2-6-11(10)17-15(18)14-9-19-12-7-3-4-8-13(12)20-14/h1-8,14H,9H2,(H,17,18)/t14-/m0/s1. The molecule has 1 aliphatic heterocycles. The van der Waals surface area contributed by atoms with E-state index in [9.17, 15) is 9.18 Å². The Morgan fingerprint density at radius 2 is 1.80 bits per heavy atom. The Morgan fingerprint density at radius 3 is 2.60 bits per heavy atom. The number of hydrogen-bond acceptors (Lipinski definition) is 3. The minimum absolute atomic E-state index is 0.0945. The molecule has 1 aliphatic rings. The molecular weight excluding hydrogens is 261 g/mol. The van der Waals surface area contributed by atoms with Crippen LogP contribution < -0.4 is 14.8 Å². The van der Waals surface area contributed by atoms with Gasteiger partial charge in [-0.1, -0.05) is 24.3 Å². The van der Waals surface area contributed by atoms with Crippen molar-refractivity contribution in [1.82, 2.24) is 0 Å². The van der Waals surface area contributed by atoms with Gasteiger partial charge in [0.05, 0.1) is 5.69 Å². The van der Waals surface area contributed by atoms with Crippen LogP contribution in [0.25, 0.3) is 0 Å². The van der Waals surface area contributed by atoms with Gasteiger partial charge in [0, 0.05) is 0 Å². The maximum atomic E-state index is 13.5. The Morgan fingerprint density at radius 1 is 1.10 bits per heavy atom. The molecule has 0 fully saturated rings. The van der Waals surface area contributed by atoms with Gasteiger partial charge >= 0.3 is 0 Å². The number of fused-ring (bicyclic) bond motifs is 1. The van der Waals surface area contributed by atoms with E-state index in [1.165, 1.54) is 12.1 Å². The lowest BCUT2D eigenvalue weighted by molar-refractivity contribution is -0.125. The van der Waals surface area contributed by atoms with Crippen molar-refractivity contribution in [3.05, 3.63) is 54.3 Å². The minimum Gasteiger partial charge on any atom is -0.485 e. The molecule has 1 N–H and O–H groups in total. The largest absolute Gasteiger partial charge is 0.485 e. The number of carbonyl (C=O) groups is 1. The summed E-state index contributed by atoms with van der Waals surface area (Å²) in [5.41, 5.74) is 0.125. The summed E-state index contributed by atoms with van der Waals surface area (Å²) in [6.45, 7) is 0.0945. The molecule has 0 saturated carbocycles. The highest BCUT2D eigenvalue weighted by Gasteiger charge is 2.27. The predicted octanol–water partition coefficient (Wildman–Crippen LogP) is 2.60. The molecule has 2 aromatic rings. The molecule has 0 radical (unpaired) electrons. The lowest BCUT2D eigenvalue weighted by atomic mass is 10.2. The second-order valence-electron chi connectivity index (χ2n) is 4.33. The van der Waals surface area contributed by atoms with Gasteiger partial charge < -0.3 is 14.8 Å². The molecule has 1 amide bonds. The van der Waals surface area contributed by atoms with Crippen molar-refractivity contribution in [1.29, 1.82) is 0 Å². The molecule has 5 heteroatoms. The van der Waals surface area contributed by atoms with Crippen molar-refractivity contribution in [3.8, 4) is 11.5 Å². The zero-order valence-corrected chi connectivity index (χ0v) is 10.5. The smallest absolute Gasteiger partial charge is 0.269 e. The second-order valence-corrected chi connectivity index (χ2v) is 4.33. The Labute approximate surface area is 115 Å². The van der Waals surface area contributed by atoms with Crippen molar-refractivity contribution in [2.24, 2.45) is 0 Å². The number of nitrogens with one attached hydrogen (secondary N) is 1. The molecule has 0 saturated heterocycles. The van der Waals surface area contributed by atoms with E-state index in [1.54, 1.807) is 30.3 Å². The normalized spacial score (nSPS) is 16.6. The van der Waals surface area contributed by atoms with E-state index in [0.29, 0.717) is 11.5 Å². The Bertz CT molecular complexity index is 645. The second kappa shape index (κ2) is 5.21. The fourth-order valence-corrected chi connectivity index (χ4v) is 1.92. The predicted molar refractivity (Wildman–Crippen MR) is 71.4 cm³/mol. The van der Waals surface area contributed by atoms with Gasteiger partial charge in [-0.25, -0.2) is 4.39 Å². The van der Waals surface area contributed by atoms with Crippen molar-refractivity contribution in [3.63, 3.8) is 0 Å². The molecule has 2 aromatic carbocycles. The van der Waals surface area contributed by atoms with E-state index in [-0.39, 0.29) is 12.3 Å². The average molecular weight is 273 g/mol. The van der Waals surface area contributed by atoms with Crippen LogP contribution in [0.15, 0.2) is 48.5 Å². The number of anilines is 1. The quantitative estimate of drug-likeness (QED) is 0.915. The van der Waals surface area contributed by atoms with Crippen LogP contribution in [0, 0.1) is 5.82 Å². The maximum absolute atomic E-state index is 13.5. The van der Waals surface area contributed by atoms with Crippen LogP contribution in [-0.2, 0) is 4.79 Å². The lowest BCUT2D eigenvalue weighted by Crippen LogP contribution is -2.40. The highest BCUT2D eigenvalue weighted by molar-refractivity contribution is 5.94. The monoisotopic (exact) mass is 273 g/mol. The number of amides is 1. The number of halogens is 1. The van der Waals surface area contributed by atoms with E-state index in [1.807, 2.05) is 6.07 Å². The molecule has 0 unspecified atom stereocenters. The molecule has 0 aromatic heterocycles. The summed E-state index contributed by atoms with van der Waals surface area (Å²) < 4.78 is 24.5. The third-order valence-corrected chi connectivity index (χ3v) is 2.93. The lowest BCUT2D eigenvalue weighted by Gasteiger charge is -2.25. The third-order valence-electron chi connectivity index (χ3n) is 2.93. The molecule has 0 aliphatic carbocycles. The molecule has 3 rings (SSSR count). The SMILES string of the molecule is O=C(Nc1ccccc1F)[C@@H]1COc2ccccc2O1. The first-order valence-electron chi connectivity index (χ1n) is 6.18. The summed E-state index contributed by atoms with van der Waals surface area (Å²) in [5, 5.41) is 2.49. The molecule has 1 heterocycles. The topological polar surface area (TPSA) is 47.6 Å². The van der Waals surface area contributed by atoms with Gasteiger partial charge in [0.1, 0.15) is 12.4 Å². The number of ether oxygens (including phenoxy) is 2. The molecule has 102 valence electrons. The van der Waals surface area contributed by atoms with Crippen molar-refractivity contribution >= 4 is 11.6 Å². The number of benzene rings is 2. The van der Waals surface area contributed by atoms with Gasteiger partial charge in [-0.15, -0.1) is 0 Å². The van der Waals surface area contributed by atoms with Crippen LogP contribution >= 0.6 is 0 Å². The van der Waals surface area contributed by atoms with Crippen LogP contribution in [0.1, 0.15) is 0 Å². The molecule has 20 heavy (non-hydrogen) atoms. The summed E-state index contributed by atoms with van der Waals surface area (Å²) in [7, 11) is 0. The number of para-hydroxylation sites is 3. The maximum Gasteiger partial charge on any atom is 0.269 e. The van der Waals surface area contributed by atoms with E-state index in [4.69, 9.17) is 9.47 Å². The molecule has 1 atom stereocenters. The molecular formula is C15H12FNO3. The van der Waals surface area contributed by atoms with Gasteiger partial charge in [0.2, 0.25) is 6.10 Å². The summed E-state index contributed by atoms with van der Waals surface area (Å²) in [6.07, 6.45) is -0.801. The Hall–Kier alpha value is -2.56. The Kier molecular flexibility index (Phi) is 3.25. The molecule has 0 spiro atoms. The van der Waals surface area contributed by atoms with Crippen molar-refractivity contribution < 1.29 is 18.7 Å². The first-order chi connectivity index (χ1) is 9.74. The average Bonchev–Trinajstić information content (AvgIpc) is 2.49. The van der Waals surface area contributed by atoms with Crippen molar-refractivity contribution in [2.75, 3.05) is 11.9 Å². The van der Waals surface area contributed by atoms with Gasteiger partial charge in [-0.2, -0.15) is 0 Å². The van der Waals surface area contributed by atoms with Gasteiger partial charge in [0.15, 0.2) is 11.5 Å². The zero-order chi connectivity index (χ0) is 13.9. The fraction of sp³-hybridized carbons (Fsp3) is 0.133. The fourth-order valence-electron chi connectivity index (χ4n) is 1.92. The third kappa shape index (κ3) is 2.42. The van der Waals surface area contributed by atoms with Gasteiger partial charge in [0.25, 0.3) is 5.91 Å². The molecule has 4 nitrogen and oxygen atoms in total.